The first-order chi connectivity index (χ1) is 8.11. The van der Waals surface area contributed by atoms with Gasteiger partial charge in [-0.15, -0.1) is 0 Å². The highest BCUT2D eigenvalue weighted by Gasteiger charge is 2.23. The number of rotatable bonds is 1. The van der Waals surface area contributed by atoms with E-state index in [2.05, 4.69) is 6.07 Å². The molecular formula is C13H17N2O2. The normalized spacial score (nSPS) is 19.4. The zero-order valence-corrected chi connectivity index (χ0v) is 10.2. The fraction of sp³-hybridized carbons (Fsp3) is 0.462. The van der Waals surface area contributed by atoms with Gasteiger partial charge in [0.05, 0.1) is 7.11 Å². The van der Waals surface area contributed by atoms with E-state index < -0.39 is 0 Å². The molecule has 1 atom stereocenters. The SMILES string of the molecule is COc1[c]cc2c(c1)CN(C(N)=O)C(C)CC2. The summed E-state index contributed by atoms with van der Waals surface area (Å²) in [5.74, 6) is 0.697. The van der Waals surface area contributed by atoms with Gasteiger partial charge in [-0.1, -0.05) is 0 Å². The van der Waals surface area contributed by atoms with Crippen LogP contribution in [0, 0.1) is 6.07 Å². The van der Waals surface area contributed by atoms with Crippen molar-refractivity contribution in [3.05, 3.63) is 29.3 Å². The lowest BCUT2D eigenvalue weighted by Gasteiger charge is -2.25. The third kappa shape index (κ3) is 2.35. The van der Waals surface area contributed by atoms with Gasteiger partial charge in [-0.3, -0.25) is 0 Å². The quantitative estimate of drug-likeness (QED) is 0.802. The molecule has 91 valence electrons. The highest BCUT2D eigenvalue weighted by Crippen LogP contribution is 2.25. The first kappa shape index (κ1) is 11.8. The van der Waals surface area contributed by atoms with E-state index in [4.69, 9.17) is 10.5 Å². The number of ether oxygens (including phenoxy) is 1. The molecule has 0 fully saturated rings. The minimum atomic E-state index is -0.364. The fourth-order valence-electron chi connectivity index (χ4n) is 2.20. The van der Waals surface area contributed by atoms with Crippen LogP contribution in [0.25, 0.3) is 0 Å². The average molecular weight is 233 g/mol. The summed E-state index contributed by atoms with van der Waals surface area (Å²) in [5.41, 5.74) is 7.73. The van der Waals surface area contributed by atoms with Crippen LogP contribution in [0.1, 0.15) is 24.5 Å². The number of aryl methyl sites for hydroxylation is 1. The number of benzene rings is 1. The lowest BCUT2D eigenvalue weighted by molar-refractivity contribution is 0.184. The van der Waals surface area contributed by atoms with E-state index >= 15 is 0 Å². The van der Waals surface area contributed by atoms with Crippen LogP contribution < -0.4 is 10.5 Å². The molecule has 1 radical (unpaired) electrons. The summed E-state index contributed by atoms with van der Waals surface area (Å²) in [7, 11) is 1.61. The van der Waals surface area contributed by atoms with Crippen LogP contribution in [0.2, 0.25) is 0 Å². The molecule has 0 spiro atoms. The van der Waals surface area contributed by atoms with Crippen LogP contribution in [0.3, 0.4) is 0 Å². The lowest BCUT2D eigenvalue weighted by atomic mass is 10.0. The largest absolute Gasteiger partial charge is 0.496 e. The number of carbonyl (C=O) groups excluding carboxylic acids is 1. The van der Waals surface area contributed by atoms with Crippen molar-refractivity contribution in [2.45, 2.75) is 32.4 Å². The number of primary amides is 1. The minimum absolute atomic E-state index is 0.172. The second-order valence-corrected chi connectivity index (χ2v) is 4.41. The van der Waals surface area contributed by atoms with Gasteiger partial charge in [0.2, 0.25) is 0 Å². The van der Waals surface area contributed by atoms with E-state index in [1.807, 2.05) is 19.1 Å². The molecule has 2 N–H and O–H groups in total. The Morgan fingerprint density at radius 2 is 2.35 bits per heavy atom. The second kappa shape index (κ2) is 4.65. The topological polar surface area (TPSA) is 55.6 Å². The smallest absolute Gasteiger partial charge is 0.315 e. The monoisotopic (exact) mass is 233 g/mol. The lowest BCUT2D eigenvalue weighted by Crippen LogP contribution is -2.40. The molecule has 0 saturated carbocycles. The fourth-order valence-corrected chi connectivity index (χ4v) is 2.20. The predicted molar refractivity (Wildman–Crippen MR) is 64.7 cm³/mol. The molecule has 0 bridgehead atoms. The molecule has 1 heterocycles. The Labute approximate surface area is 101 Å². The summed E-state index contributed by atoms with van der Waals surface area (Å²) in [5, 5.41) is 0. The van der Waals surface area contributed by atoms with Crippen molar-refractivity contribution in [2.24, 2.45) is 5.73 Å². The van der Waals surface area contributed by atoms with Gasteiger partial charge < -0.3 is 15.4 Å². The van der Waals surface area contributed by atoms with Gasteiger partial charge in [-0.25, -0.2) is 4.79 Å². The Morgan fingerprint density at radius 1 is 1.59 bits per heavy atom. The van der Waals surface area contributed by atoms with Crippen molar-refractivity contribution in [3.63, 3.8) is 0 Å². The maximum absolute atomic E-state index is 11.4. The van der Waals surface area contributed by atoms with Gasteiger partial charge in [0.1, 0.15) is 5.75 Å². The Morgan fingerprint density at radius 3 is 3.00 bits per heavy atom. The average Bonchev–Trinajstić information content (AvgIpc) is 2.48. The molecule has 0 aromatic heterocycles. The van der Waals surface area contributed by atoms with Gasteiger partial charge in [0, 0.05) is 18.7 Å². The molecule has 17 heavy (non-hydrogen) atoms. The van der Waals surface area contributed by atoms with Crippen LogP contribution in [-0.2, 0) is 13.0 Å². The van der Waals surface area contributed by atoms with Crippen molar-refractivity contribution in [1.82, 2.24) is 4.90 Å². The van der Waals surface area contributed by atoms with Crippen LogP contribution in [0.5, 0.6) is 5.75 Å². The molecular weight excluding hydrogens is 216 g/mol. The first-order valence-electron chi connectivity index (χ1n) is 5.75. The van der Waals surface area contributed by atoms with Crippen molar-refractivity contribution in [1.29, 1.82) is 0 Å². The number of urea groups is 1. The second-order valence-electron chi connectivity index (χ2n) is 4.41. The molecule has 1 aromatic rings. The van der Waals surface area contributed by atoms with Crippen LogP contribution in [0.15, 0.2) is 12.1 Å². The van der Waals surface area contributed by atoms with Crippen LogP contribution >= 0.6 is 0 Å². The first-order valence-corrected chi connectivity index (χ1v) is 5.75. The molecule has 0 saturated heterocycles. The van der Waals surface area contributed by atoms with Crippen molar-refractivity contribution >= 4 is 6.03 Å². The van der Waals surface area contributed by atoms with E-state index in [1.165, 1.54) is 5.56 Å². The number of methoxy groups -OCH3 is 1. The number of fused-ring (bicyclic) bond motifs is 1. The maximum atomic E-state index is 11.4. The Hall–Kier alpha value is -1.71. The molecule has 1 aromatic carbocycles. The third-order valence-electron chi connectivity index (χ3n) is 3.31. The Bertz CT molecular complexity index is 431. The summed E-state index contributed by atoms with van der Waals surface area (Å²) < 4.78 is 5.15. The van der Waals surface area contributed by atoms with Gasteiger partial charge >= 0.3 is 6.03 Å². The molecule has 1 aliphatic rings. The van der Waals surface area contributed by atoms with E-state index in [1.54, 1.807) is 12.0 Å². The molecule has 1 unspecified atom stereocenters. The maximum Gasteiger partial charge on any atom is 0.315 e. The van der Waals surface area contributed by atoms with Crippen LogP contribution in [-0.4, -0.2) is 24.1 Å². The van der Waals surface area contributed by atoms with Crippen molar-refractivity contribution in [2.75, 3.05) is 7.11 Å². The van der Waals surface area contributed by atoms with Crippen molar-refractivity contribution in [3.8, 4) is 5.75 Å². The zero-order chi connectivity index (χ0) is 12.4. The predicted octanol–water partition coefficient (Wildman–Crippen LogP) is 1.71. The van der Waals surface area contributed by atoms with Crippen molar-refractivity contribution < 1.29 is 9.53 Å². The summed E-state index contributed by atoms with van der Waals surface area (Å²) >= 11 is 0. The molecule has 2 rings (SSSR count). The highest BCUT2D eigenvalue weighted by molar-refractivity contribution is 5.72. The number of carbonyl (C=O) groups is 1. The van der Waals surface area contributed by atoms with Gasteiger partial charge in [0.25, 0.3) is 0 Å². The number of hydrogen-bond acceptors (Lipinski definition) is 2. The van der Waals surface area contributed by atoms with Gasteiger partial charge in [-0.2, -0.15) is 0 Å². The molecule has 0 aliphatic carbocycles. The molecule has 4 heteroatoms. The summed E-state index contributed by atoms with van der Waals surface area (Å²) in [4.78, 5) is 13.1. The third-order valence-corrected chi connectivity index (χ3v) is 3.31. The van der Waals surface area contributed by atoms with E-state index in [-0.39, 0.29) is 12.1 Å². The Balaban J connectivity index is 2.34. The van der Waals surface area contributed by atoms with E-state index in [0.29, 0.717) is 12.3 Å². The number of hydrogen-bond donors (Lipinski definition) is 1. The standard InChI is InChI=1S/C13H17N2O2/c1-9-3-4-10-5-6-12(17-2)7-11(10)8-15(9)13(14)16/h5,7,9H,3-4,8H2,1-2H3,(H2,14,16). The van der Waals surface area contributed by atoms with E-state index in [0.717, 1.165) is 18.4 Å². The Kier molecular flexibility index (Phi) is 3.22. The number of nitrogens with two attached hydrogens (primary N) is 1. The minimum Gasteiger partial charge on any atom is -0.496 e. The van der Waals surface area contributed by atoms with Gasteiger partial charge in [0.15, 0.2) is 0 Å². The molecule has 1 aliphatic heterocycles. The van der Waals surface area contributed by atoms with Crippen LogP contribution in [0.4, 0.5) is 4.79 Å². The summed E-state index contributed by atoms with van der Waals surface area (Å²) in [6.45, 7) is 2.58. The zero-order valence-electron chi connectivity index (χ0n) is 10.2. The number of nitrogens with zero attached hydrogens (tertiary/aromatic N) is 1. The van der Waals surface area contributed by atoms with E-state index in [9.17, 15) is 4.79 Å². The molecule has 4 nitrogen and oxygen atoms in total. The summed E-state index contributed by atoms with van der Waals surface area (Å²) in [6.07, 6.45) is 1.87. The number of amides is 2. The molecule has 2 amide bonds. The van der Waals surface area contributed by atoms with Gasteiger partial charge in [-0.05, 0) is 43.0 Å². The highest BCUT2D eigenvalue weighted by atomic mass is 16.5. The summed E-state index contributed by atoms with van der Waals surface area (Å²) in [6, 6.07) is 6.77.